The number of rotatable bonds is 6. The Morgan fingerprint density at radius 3 is 2.48 bits per heavy atom. The zero-order valence-electron chi connectivity index (χ0n) is 15.6. The molecule has 6 nitrogen and oxygen atoms in total. The van der Waals surface area contributed by atoms with Crippen LogP contribution in [0.5, 0.6) is 17.2 Å². The minimum atomic E-state index is 0.323. The highest BCUT2D eigenvalue weighted by molar-refractivity contribution is 5.55. The normalized spacial score (nSPS) is 17.7. The van der Waals surface area contributed by atoms with E-state index >= 15 is 0 Å². The minimum absolute atomic E-state index is 0.323. The van der Waals surface area contributed by atoms with Crippen LogP contribution >= 0.6 is 0 Å². The molecule has 1 atom stereocenters. The fraction of sp³-hybridized carbons (Fsp3) is 0.526. The molecule has 6 heteroatoms. The maximum absolute atomic E-state index is 5.63. The highest BCUT2D eigenvalue weighted by Crippen LogP contribution is 2.42. The highest BCUT2D eigenvalue weighted by atomic mass is 16.5. The van der Waals surface area contributed by atoms with Gasteiger partial charge in [-0.2, -0.15) is 0 Å². The molecule has 1 aliphatic rings. The van der Waals surface area contributed by atoms with Gasteiger partial charge in [0.2, 0.25) is 5.75 Å². The summed E-state index contributed by atoms with van der Waals surface area (Å²) in [5, 5.41) is 4.12. The Morgan fingerprint density at radius 1 is 1.12 bits per heavy atom. The van der Waals surface area contributed by atoms with Gasteiger partial charge in [0, 0.05) is 23.7 Å². The number of hydrogen-bond acceptors (Lipinski definition) is 6. The molecule has 0 unspecified atom stereocenters. The smallest absolute Gasteiger partial charge is 0.203 e. The average Bonchev–Trinajstić information content (AvgIpc) is 3.20. The summed E-state index contributed by atoms with van der Waals surface area (Å²) in [6.45, 7) is 5.81. The monoisotopic (exact) mass is 346 g/mol. The van der Waals surface area contributed by atoms with Gasteiger partial charge in [0.1, 0.15) is 5.76 Å². The van der Waals surface area contributed by atoms with E-state index in [0.29, 0.717) is 17.5 Å². The van der Waals surface area contributed by atoms with Crippen LogP contribution in [0.4, 0.5) is 0 Å². The van der Waals surface area contributed by atoms with E-state index in [0.717, 1.165) is 48.7 Å². The van der Waals surface area contributed by atoms with Crippen molar-refractivity contribution < 1.29 is 18.7 Å². The van der Waals surface area contributed by atoms with Gasteiger partial charge >= 0.3 is 0 Å². The SMILES string of the molecule is COc1ccc(CN2CCC[C@@H]2c2c(C)noc2C)c(OC)c1OC. The third kappa shape index (κ3) is 3.18. The van der Waals surface area contributed by atoms with Crippen molar-refractivity contribution in [2.45, 2.75) is 39.3 Å². The van der Waals surface area contributed by atoms with Crippen molar-refractivity contribution >= 4 is 0 Å². The summed E-state index contributed by atoms with van der Waals surface area (Å²) in [5.41, 5.74) is 3.28. The first-order chi connectivity index (χ1) is 12.1. The van der Waals surface area contributed by atoms with Crippen LogP contribution in [-0.2, 0) is 6.54 Å². The van der Waals surface area contributed by atoms with E-state index in [2.05, 4.69) is 10.1 Å². The van der Waals surface area contributed by atoms with Gasteiger partial charge in [-0.15, -0.1) is 0 Å². The molecule has 2 heterocycles. The van der Waals surface area contributed by atoms with Crippen LogP contribution < -0.4 is 14.2 Å². The zero-order valence-corrected chi connectivity index (χ0v) is 15.6. The first-order valence-corrected chi connectivity index (χ1v) is 8.55. The third-order valence-electron chi connectivity index (χ3n) is 4.94. The second-order valence-electron chi connectivity index (χ2n) is 6.36. The van der Waals surface area contributed by atoms with Gasteiger partial charge in [-0.25, -0.2) is 0 Å². The number of aromatic nitrogens is 1. The van der Waals surface area contributed by atoms with E-state index in [1.54, 1.807) is 21.3 Å². The number of methoxy groups -OCH3 is 3. The summed E-state index contributed by atoms with van der Waals surface area (Å²) >= 11 is 0. The zero-order chi connectivity index (χ0) is 18.0. The summed E-state index contributed by atoms with van der Waals surface area (Å²) in [5.74, 6) is 2.95. The molecular weight excluding hydrogens is 320 g/mol. The van der Waals surface area contributed by atoms with Crippen molar-refractivity contribution in [3.8, 4) is 17.2 Å². The summed E-state index contributed by atoms with van der Waals surface area (Å²) in [4.78, 5) is 2.45. The highest BCUT2D eigenvalue weighted by Gasteiger charge is 2.31. The molecule has 1 aromatic heterocycles. The lowest BCUT2D eigenvalue weighted by molar-refractivity contribution is 0.239. The maximum Gasteiger partial charge on any atom is 0.203 e. The molecule has 0 aliphatic carbocycles. The summed E-state index contributed by atoms with van der Waals surface area (Å²) < 4.78 is 21.9. The number of nitrogens with zero attached hydrogens (tertiary/aromatic N) is 2. The van der Waals surface area contributed by atoms with E-state index in [-0.39, 0.29) is 0 Å². The van der Waals surface area contributed by atoms with Crippen molar-refractivity contribution in [2.24, 2.45) is 0 Å². The van der Waals surface area contributed by atoms with Gasteiger partial charge in [-0.1, -0.05) is 11.2 Å². The molecule has 0 radical (unpaired) electrons. The molecule has 1 fully saturated rings. The Bertz CT molecular complexity index is 722. The average molecular weight is 346 g/mol. The summed E-state index contributed by atoms with van der Waals surface area (Å²) in [6, 6.07) is 4.30. The molecule has 0 saturated carbocycles. The van der Waals surface area contributed by atoms with Gasteiger partial charge in [-0.05, 0) is 39.3 Å². The summed E-state index contributed by atoms with van der Waals surface area (Å²) in [6.07, 6.45) is 2.27. The largest absolute Gasteiger partial charge is 0.493 e. The Kier molecular flexibility index (Phi) is 5.18. The first kappa shape index (κ1) is 17.6. The summed E-state index contributed by atoms with van der Waals surface area (Å²) in [7, 11) is 4.92. The lowest BCUT2D eigenvalue weighted by atomic mass is 10.0. The van der Waals surface area contributed by atoms with Gasteiger partial charge < -0.3 is 18.7 Å². The van der Waals surface area contributed by atoms with Gasteiger partial charge in [0.15, 0.2) is 11.5 Å². The second-order valence-corrected chi connectivity index (χ2v) is 6.36. The molecule has 136 valence electrons. The predicted octanol–water partition coefficient (Wildman–Crippen LogP) is 3.65. The Morgan fingerprint density at radius 2 is 1.88 bits per heavy atom. The van der Waals surface area contributed by atoms with Crippen molar-refractivity contribution in [1.29, 1.82) is 0 Å². The molecule has 0 N–H and O–H groups in total. The van der Waals surface area contributed by atoms with Crippen LogP contribution in [-0.4, -0.2) is 37.9 Å². The van der Waals surface area contributed by atoms with Crippen molar-refractivity contribution in [2.75, 3.05) is 27.9 Å². The maximum atomic E-state index is 5.63. The topological polar surface area (TPSA) is 57.0 Å². The van der Waals surface area contributed by atoms with E-state index < -0.39 is 0 Å². The first-order valence-electron chi connectivity index (χ1n) is 8.55. The standard InChI is InChI=1S/C19H26N2O4/c1-12-17(13(2)25-20-12)15-7-6-10-21(15)11-14-8-9-16(22-3)19(24-5)18(14)23-4/h8-9,15H,6-7,10-11H2,1-5H3/t15-/m1/s1. The van der Waals surface area contributed by atoms with Crippen molar-refractivity contribution in [3.63, 3.8) is 0 Å². The van der Waals surface area contributed by atoms with Gasteiger partial charge in [0.25, 0.3) is 0 Å². The van der Waals surface area contributed by atoms with Crippen LogP contribution in [0, 0.1) is 13.8 Å². The van der Waals surface area contributed by atoms with Crippen molar-refractivity contribution in [3.05, 3.63) is 34.7 Å². The van der Waals surface area contributed by atoms with Crippen LogP contribution in [0.15, 0.2) is 16.7 Å². The second kappa shape index (κ2) is 7.35. The minimum Gasteiger partial charge on any atom is -0.493 e. The Labute approximate surface area is 148 Å². The molecule has 25 heavy (non-hydrogen) atoms. The van der Waals surface area contributed by atoms with Crippen LogP contribution in [0.2, 0.25) is 0 Å². The lowest BCUT2D eigenvalue weighted by Gasteiger charge is -2.26. The van der Waals surface area contributed by atoms with E-state index in [1.807, 2.05) is 26.0 Å². The Balaban J connectivity index is 1.91. The number of hydrogen-bond donors (Lipinski definition) is 0. The van der Waals surface area contributed by atoms with Gasteiger partial charge in [0.05, 0.1) is 27.0 Å². The number of likely N-dealkylation sites (tertiary alicyclic amines) is 1. The molecule has 0 spiro atoms. The van der Waals surface area contributed by atoms with Gasteiger partial charge in [-0.3, -0.25) is 4.90 Å². The molecule has 2 aromatic rings. The molecule has 1 aliphatic heterocycles. The van der Waals surface area contributed by atoms with Crippen molar-refractivity contribution in [1.82, 2.24) is 10.1 Å². The predicted molar refractivity (Wildman–Crippen MR) is 94.5 cm³/mol. The third-order valence-corrected chi connectivity index (χ3v) is 4.94. The fourth-order valence-electron chi connectivity index (χ4n) is 3.81. The number of ether oxygens (including phenoxy) is 3. The molecule has 3 rings (SSSR count). The number of aryl methyl sites for hydroxylation is 2. The lowest BCUT2D eigenvalue weighted by Crippen LogP contribution is -2.24. The number of benzene rings is 1. The van der Waals surface area contributed by atoms with E-state index in [9.17, 15) is 0 Å². The van der Waals surface area contributed by atoms with E-state index in [4.69, 9.17) is 18.7 Å². The quantitative estimate of drug-likeness (QED) is 0.796. The van der Waals surface area contributed by atoms with Crippen LogP contribution in [0.3, 0.4) is 0 Å². The van der Waals surface area contributed by atoms with E-state index in [1.165, 1.54) is 5.56 Å². The van der Waals surface area contributed by atoms with Crippen LogP contribution in [0.1, 0.15) is 41.5 Å². The Hall–Kier alpha value is -2.21. The fourth-order valence-corrected chi connectivity index (χ4v) is 3.81. The van der Waals surface area contributed by atoms with Crippen LogP contribution in [0.25, 0.3) is 0 Å². The molecular formula is C19H26N2O4. The molecule has 1 aromatic carbocycles. The molecule has 0 amide bonds. The molecule has 1 saturated heterocycles. The molecule has 0 bridgehead atoms.